The van der Waals surface area contributed by atoms with E-state index in [1.54, 1.807) is 51.9 Å². The van der Waals surface area contributed by atoms with Crippen LogP contribution < -0.4 is 4.74 Å². The van der Waals surface area contributed by atoms with Crippen LogP contribution in [0.1, 0.15) is 12.5 Å². The van der Waals surface area contributed by atoms with Gasteiger partial charge in [-0.3, -0.25) is 4.98 Å². The number of ether oxygens (including phenoxy) is 5. The number of pyridine rings is 1. The number of hydrogen-bond donors (Lipinski definition) is 0. The Morgan fingerprint density at radius 2 is 1.50 bits per heavy atom. The number of halogens is 3. The van der Waals surface area contributed by atoms with Gasteiger partial charge in [-0.2, -0.15) is 0 Å². The molecule has 2 aromatic carbocycles. The second-order valence-corrected chi connectivity index (χ2v) is 9.13. The quantitative estimate of drug-likeness (QED) is 0.239. The minimum atomic E-state index is -4.73. The van der Waals surface area contributed by atoms with E-state index in [0.29, 0.717) is 5.69 Å². The van der Waals surface area contributed by atoms with Crippen LogP contribution in [0.4, 0.5) is 13.2 Å². The second kappa shape index (κ2) is 13.2. The van der Waals surface area contributed by atoms with E-state index >= 15 is 0 Å². The first-order valence-electron chi connectivity index (χ1n) is 12.5. The zero-order valence-corrected chi connectivity index (χ0v) is 22.5. The fraction of sp³-hybridized carbons (Fsp3) is 0.379. The van der Waals surface area contributed by atoms with Crippen LogP contribution in [0, 0.1) is 0 Å². The SMILES string of the molecule is CO[C@@H]1[C@@H](OC)[C@@H](OC)C(CO/N=C/c2ccc(-c3cc(-c4ccc(OC(F)(F)F)cc4)ccn3)cc2)O[C@H]1C. The largest absolute Gasteiger partial charge is 0.573 e. The van der Waals surface area contributed by atoms with Crippen molar-refractivity contribution in [3.05, 3.63) is 72.4 Å². The van der Waals surface area contributed by atoms with Gasteiger partial charge in [0.1, 0.15) is 36.8 Å². The normalized spacial score (nSPS) is 23.3. The van der Waals surface area contributed by atoms with Crippen LogP contribution in [-0.4, -0.2) is 76.0 Å². The summed E-state index contributed by atoms with van der Waals surface area (Å²) in [5.41, 5.74) is 3.94. The van der Waals surface area contributed by atoms with Gasteiger partial charge in [0.25, 0.3) is 0 Å². The molecule has 11 heteroatoms. The van der Waals surface area contributed by atoms with Crippen molar-refractivity contribution >= 4 is 6.21 Å². The van der Waals surface area contributed by atoms with Crippen LogP contribution >= 0.6 is 0 Å². The molecule has 5 atom stereocenters. The Morgan fingerprint density at radius 3 is 2.12 bits per heavy atom. The molecule has 1 fully saturated rings. The molecule has 0 amide bonds. The molecule has 1 aliphatic heterocycles. The Bertz CT molecular complexity index is 1250. The molecule has 0 N–H and O–H groups in total. The van der Waals surface area contributed by atoms with Crippen molar-refractivity contribution in [1.82, 2.24) is 4.98 Å². The van der Waals surface area contributed by atoms with Gasteiger partial charge in [-0.05, 0) is 47.9 Å². The van der Waals surface area contributed by atoms with Crippen molar-refractivity contribution in [2.24, 2.45) is 5.16 Å². The van der Waals surface area contributed by atoms with Gasteiger partial charge >= 0.3 is 6.36 Å². The van der Waals surface area contributed by atoms with E-state index in [9.17, 15) is 13.2 Å². The molecule has 40 heavy (non-hydrogen) atoms. The van der Waals surface area contributed by atoms with E-state index in [4.69, 9.17) is 23.8 Å². The molecule has 1 unspecified atom stereocenters. The summed E-state index contributed by atoms with van der Waals surface area (Å²) in [6.07, 6.45) is -3.03. The summed E-state index contributed by atoms with van der Waals surface area (Å²) in [7, 11) is 4.82. The van der Waals surface area contributed by atoms with E-state index in [0.717, 1.165) is 22.3 Å². The van der Waals surface area contributed by atoms with E-state index in [-0.39, 0.29) is 42.9 Å². The zero-order chi connectivity index (χ0) is 28.7. The summed E-state index contributed by atoms with van der Waals surface area (Å²) in [6, 6.07) is 16.9. The molecule has 0 saturated carbocycles. The summed E-state index contributed by atoms with van der Waals surface area (Å²) in [5.74, 6) is -0.273. The van der Waals surface area contributed by atoms with Crippen LogP contribution in [0.2, 0.25) is 0 Å². The molecule has 3 aromatic rings. The lowest BCUT2D eigenvalue weighted by Gasteiger charge is -2.43. The van der Waals surface area contributed by atoms with Crippen LogP contribution in [0.25, 0.3) is 22.4 Å². The fourth-order valence-electron chi connectivity index (χ4n) is 4.68. The average Bonchev–Trinajstić information content (AvgIpc) is 2.95. The molecule has 1 saturated heterocycles. The van der Waals surface area contributed by atoms with E-state index in [1.807, 2.05) is 37.3 Å². The molecular formula is C29H31F3N2O6. The summed E-state index contributed by atoms with van der Waals surface area (Å²) < 4.78 is 64.0. The Labute approximate surface area is 230 Å². The number of hydrogen-bond acceptors (Lipinski definition) is 8. The Morgan fingerprint density at radius 1 is 0.850 bits per heavy atom. The first kappa shape index (κ1) is 29.5. The van der Waals surface area contributed by atoms with Gasteiger partial charge in [-0.1, -0.05) is 41.6 Å². The van der Waals surface area contributed by atoms with Crippen molar-refractivity contribution in [3.8, 4) is 28.1 Å². The van der Waals surface area contributed by atoms with E-state index in [1.165, 1.54) is 12.1 Å². The first-order valence-corrected chi connectivity index (χ1v) is 12.5. The molecule has 8 nitrogen and oxygen atoms in total. The number of nitrogens with zero attached hydrogens (tertiary/aromatic N) is 2. The summed E-state index contributed by atoms with van der Waals surface area (Å²) in [6.45, 7) is 2.09. The molecule has 1 aliphatic rings. The highest BCUT2D eigenvalue weighted by Gasteiger charge is 2.45. The number of alkyl halides is 3. The number of aromatic nitrogens is 1. The topological polar surface area (TPSA) is 80.6 Å². The zero-order valence-electron chi connectivity index (χ0n) is 22.5. The molecule has 0 spiro atoms. The second-order valence-electron chi connectivity index (χ2n) is 9.13. The molecule has 2 heterocycles. The molecule has 0 aliphatic carbocycles. The summed E-state index contributed by atoms with van der Waals surface area (Å²) >= 11 is 0. The number of rotatable bonds is 10. The van der Waals surface area contributed by atoms with Gasteiger partial charge < -0.3 is 28.5 Å². The highest BCUT2D eigenvalue weighted by atomic mass is 19.4. The maximum atomic E-state index is 12.4. The number of oxime groups is 1. The van der Waals surface area contributed by atoms with E-state index in [2.05, 4.69) is 14.9 Å². The third-order valence-electron chi connectivity index (χ3n) is 6.59. The predicted octanol–water partition coefficient (Wildman–Crippen LogP) is 5.50. The van der Waals surface area contributed by atoms with Crippen LogP contribution in [0.3, 0.4) is 0 Å². The first-order chi connectivity index (χ1) is 19.2. The van der Waals surface area contributed by atoms with Gasteiger partial charge in [0.15, 0.2) is 0 Å². The van der Waals surface area contributed by atoms with Crippen molar-refractivity contribution in [1.29, 1.82) is 0 Å². The maximum Gasteiger partial charge on any atom is 0.573 e. The monoisotopic (exact) mass is 560 g/mol. The molecule has 1 aromatic heterocycles. The minimum absolute atomic E-state index is 0.174. The molecule has 214 valence electrons. The Kier molecular flexibility index (Phi) is 9.75. The van der Waals surface area contributed by atoms with Crippen molar-refractivity contribution in [2.45, 2.75) is 43.8 Å². The summed E-state index contributed by atoms with van der Waals surface area (Å²) in [4.78, 5) is 9.95. The highest BCUT2D eigenvalue weighted by molar-refractivity contribution is 5.80. The minimum Gasteiger partial charge on any atom is -0.406 e. The van der Waals surface area contributed by atoms with Gasteiger partial charge in [0.2, 0.25) is 0 Å². The van der Waals surface area contributed by atoms with Gasteiger partial charge in [0.05, 0.1) is 18.0 Å². The molecular weight excluding hydrogens is 529 g/mol. The third-order valence-corrected chi connectivity index (χ3v) is 6.59. The molecule has 0 bridgehead atoms. The number of methoxy groups -OCH3 is 3. The van der Waals surface area contributed by atoms with Crippen LogP contribution in [0.15, 0.2) is 72.0 Å². The van der Waals surface area contributed by atoms with E-state index < -0.39 is 6.36 Å². The van der Waals surface area contributed by atoms with Gasteiger partial charge in [-0.25, -0.2) is 0 Å². The highest BCUT2D eigenvalue weighted by Crippen LogP contribution is 2.29. The smallest absolute Gasteiger partial charge is 0.406 e. The molecule has 4 rings (SSSR count). The lowest BCUT2D eigenvalue weighted by molar-refractivity contribution is -0.274. The average molecular weight is 561 g/mol. The maximum absolute atomic E-state index is 12.4. The fourth-order valence-corrected chi connectivity index (χ4v) is 4.68. The standard InChI is InChI=1S/C29H31F3N2O6/c1-18-26(35-2)28(37-4)27(36-3)25(39-18)17-38-34-16-19-5-7-21(8-6-19)24-15-22(13-14-33-24)20-9-11-23(12-10-20)40-29(30,31)32/h5-16,18,25-28H,17H2,1-4H3/b34-16+/t18-,25?,26-,27-,28+/m0/s1. The number of benzene rings is 2. The third kappa shape index (κ3) is 7.36. The lowest BCUT2D eigenvalue weighted by Crippen LogP contribution is -2.59. The summed E-state index contributed by atoms with van der Waals surface area (Å²) in [5, 5.41) is 4.08. The lowest BCUT2D eigenvalue weighted by atomic mass is 9.95. The van der Waals surface area contributed by atoms with Gasteiger partial charge in [-0.15, -0.1) is 13.2 Å². The Balaban J connectivity index is 1.36. The molecule has 0 radical (unpaired) electrons. The van der Waals surface area contributed by atoms with Crippen LogP contribution in [0.5, 0.6) is 5.75 Å². The van der Waals surface area contributed by atoms with Crippen molar-refractivity contribution in [2.75, 3.05) is 27.9 Å². The van der Waals surface area contributed by atoms with Crippen molar-refractivity contribution < 1.29 is 41.7 Å². The Hall–Kier alpha value is -3.51. The van der Waals surface area contributed by atoms with Gasteiger partial charge in [0, 0.05) is 33.1 Å². The predicted molar refractivity (Wildman–Crippen MR) is 142 cm³/mol. The van der Waals surface area contributed by atoms with Crippen LogP contribution in [-0.2, 0) is 23.8 Å². The van der Waals surface area contributed by atoms with Crippen molar-refractivity contribution in [3.63, 3.8) is 0 Å².